The van der Waals surface area contributed by atoms with Crippen LogP contribution in [0.4, 0.5) is 0 Å². The second-order valence-corrected chi connectivity index (χ2v) is 11.4. The number of aromatic nitrogens is 2. The molecule has 4 rings (SSSR count). The van der Waals surface area contributed by atoms with Crippen molar-refractivity contribution in [1.29, 1.82) is 0 Å². The fraction of sp³-hybridized carbons (Fsp3) is 0.154. The fourth-order valence-electron chi connectivity index (χ4n) is 3.00. The highest BCUT2D eigenvalue weighted by Crippen LogP contribution is 2.31. The third-order valence-electron chi connectivity index (χ3n) is 4.82. The van der Waals surface area contributed by atoms with Gasteiger partial charge in [0.15, 0.2) is 20.2 Å². The van der Waals surface area contributed by atoms with Gasteiger partial charge in [-0.3, -0.25) is 4.79 Å². The number of nitrogens with zero attached hydrogens (tertiary/aromatic N) is 3. The van der Waals surface area contributed by atoms with E-state index in [0.717, 1.165) is 31.1 Å². The lowest BCUT2D eigenvalue weighted by molar-refractivity contribution is -0.118. The van der Waals surface area contributed by atoms with Gasteiger partial charge in [-0.25, -0.2) is 5.43 Å². The van der Waals surface area contributed by atoms with Crippen LogP contribution in [0, 0.1) is 0 Å². The topological polar surface area (TPSA) is 85.7 Å². The van der Waals surface area contributed by atoms with Crippen molar-refractivity contribution in [3.8, 4) is 11.5 Å². The first-order valence-electron chi connectivity index (χ1n) is 11.1. The molecule has 0 saturated heterocycles. The predicted molar refractivity (Wildman–Crippen MR) is 151 cm³/mol. The summed E-state index contributed by atoms with van der Waals surface area (Å²) in [5.74, 6) is 1.94. The maximum absolute atomic E-state index is 12.2. The van der Waals surface area contributed by atoms with E-state index in [1.807, 2.05) is 66.7 Å². The first-order chi connectivity index (χ1) is 18.1. The third-order valence-corrected chi connectivity index (χ3v) is 8.33. The highest BCUT2D eigenvalue weighted by atomic mass is 35.5. The van der Waals surface area contributed by atoms with Gasteiger partial charge in [-0.15, -0.1) is 10.2 Å². The summed E-state index contributed by atoms with van der Waals surface area (Å²) in [6.45, 7) is 0.440. The Hall–Kier alpha value is -3.05. The van der Waals surface area contributed by atoms with Crippen molar-refractivity contribution in [1.82, 2.24) is 15.6 Å². The lowest BCUT2D eigenvalue weighted by Crippen LogP contribution is -2.19. The number of carbonyl (C=O) groups excluding carboxylic acids is 1. The molecular formula is C26H23ClN4O3S3. The lowest BCUT2D eigenvalue weighted by atomic mass is 10.2. The van der Waals surface area contributed by atoms with Gasteiger partial charge in [0.1, 0.15) is 6.61 Å². The molecule has 7 nitrogen and oxygen atoms in total. The van der Waals surface area contributed by atoms with E-state index in [0.29, 0.717) is 23.1 Å². The molecule has 0 aliphatic carbocycles. The van der Waals surface area contributed by atoms with Crippen LogP contribution in [-0.2, 0) is 17.2 Å². The molecule has 4 aromatic rings. The summed E-state index contributed by atoms with van der Waals surface area (Å²) >= 11 is 10.3. The van der Waals surface area contributed by atoms with Crippen LogP contribution in [0.1, 0.15) is 16.7 Å². The molecule has 0 spiro atoms. The zero-order valence-corrected chi connectivity index (χ0v) is 23.0. The molecule has 0 aliphatic heterocycles. The van der Waals surface area contributed by atoms with Gasteiger partial charge in [0, 0.05) is 10.8 Å². The van der Waals surface area contributed by atoms with Crippen molar-refractivity contribution in [3.63, 3.8) is 0 Å². The first-order valence-corrected chi connectivity index (χ1v) is 14.3. The number of methoxy groups -OCH3 is 1. The summed E-state index contributed by atoms with van der Waals surface area (Å²) < 4.78 is 12.9. The highest BCUT2D eigenvalue weighted by molar-refractivity contribution is 8.03. The summed E-state index contributed by atoms with van der Waals surface area (Å²) in [4.78, 5) is 12.2. The number of halogens is 1. The minimum absolute atomic E-state index is 0.184. The van der Waals surface area contributed by atoms with Crippen molar-refractivity contribution in [2.45, 2.75) is 21.0 Å². The average molecular weight is 571 g/mol. The van der Waals surface area contributed by atoms with E-state index in [9.17, 15) is 4.79 Å². The number of carbonyl (C=O) groups is 1. The van der Waals surface area contributed by atoms with Crippen molar-refractivity contribution >= 4 is 58.6 Å². The van der Waals surface area contributed by atoms with Crippen LogP contribution in [-0.4, -0.2) is 35.2 Å². The van der Waals surface area contributed by atoms with Crippen LogP contribution in [0.3, 0.4) is 0 Å². The highest BCUT2D eigenvalue weighted by Gasteiger charge is 2.09. The number of hydrogen-bond acceptors (Lipinski definition) is 9. The Morgan fingerprint density at radius 1 is 1.00 bits per heavy atom. The zero-order chi connectivity index (χ0) is 25.9. The van der Waals surface area contributed by atoms with E-state index in [-0.39, 0.29) is 11.7 Å². The van der Waals surface area contributed by atoms with E-state index in [1.165, 1.54) is 23.1 Å². The van der Waals surface area contributed by atoms with Gasteiger partial charge in [-0.1, -0.05) is 88.9 Å². The molecule has 0 saturated carbocycles. The van der Waals surface area contributed by atoms with E-state index in [2.05, 4.69) is 20.7 Å². The summed E-state index contributed by atoms with van der Waals surface area (Å²) in [6, 6.07) is 23.1. The summed E-state index contributed by atoms with van der Waals surface area (Å²) in [5, 5.41) is 13.1. The molecule has 190 valence electrons. The Labute approximate surface area is 232 Å². The van der Waals surface area contributed by atoms with Gasteiger partial charge >= 0.3 is 0 Å². The molecule has 1 heterocycles. The van der Waals surface area contributed by atoms with E-state index in [4.69, 9.17) is 21.1 Å². The number of ether oxygens (including phenoxy) is 2. The minimum Gasteiger partial charge on any atom is -0.493 e. The number of nitrogens with one attached hydrogen (secondary N) is 1. The molecule has 0 fully saturated rings. The monoisotopic (exact) mass is 570 g/mol. The molecule has 0 atom stereocenters. The SMILES string of the molecule is COc1cc(/C=N\NC(=O)CSc2nnc(SCc3ccc(Cl)cc3)s2)ccc1OCc1ccccc1. The van der Waals surface area contributed by atoms with Crippen molar-refractivity contribution in [2.24, 2.45) is 5.10 Å². The average Bonchev–Trinajstić information content (AvgIpc) is 3.39. The quantitative estimate of drug-likeness (QED) is 0.121. The molecule has 0 bridgehead atoms. The van der Waals surface area contributed by atoms with Gasteiger partial charge in [-0.05, 0) is 47.0 Å². The van der Waals surface area contributed by atoms with Gasteiger partial charge < -0.3 is 9.47 Å². The molecule has 1 N–H and O–H groups in total. The minimum atomic E-state index is -0.235. The number of thioether (sulfide) groups is 2. The Kier molecular flexibility index (Phi) is 10.2. The Bertz CT molecular complexity index is 1330. The molecule has 0 unspecified atom stereocenters. The third kappa shape index (κ3) is 8.78. The van der Waals surface area contributed by atoms with Gasteiger partial charge in [0.05, 0.1) is 19.1 Å². The van der Waals surface area contributed by atoms with Gasteiger partial charge in [0.25, 0.3) is 5.91 Å². The molecule has 1 amide bonds. The predicted octanol–water partition coefficient (Wildman–Crippen LogP) is 6.31. The summed E-state index contributed by atoms with van der Waals surface area (Å²) in [5.41, 5.74) is 5.53. The van der Waals surface area contributed by atoms with Crippen molar-refractivity contribution in [3.05, 3.63) is 94.5 Å². The molecule has 37 heavy (non-hydrogen) atoms. The molecule has 3 aromatic carbocycles. The lowest BCUT2D eigenvalue weighted by Gasteiger charge is -2.11. The standard InChI is InChI=1S/C26H23ClN4O3S3/c1-33-23-13-20(9-12-22(23)34-15-18-5-3-2-4-6-18)14-28-29-24(32)17-36-26-31-30-25(37-26)35-16-19-7-10-21(27)11-8-19/h2-14H,15-17H2,1H3,(H,29,32)/b28-14-. The number of benzene rings is 3. The second-order valence-electron chi connectivity index (χ2n) is 7.52. The number of rotatable bonds is 12. The molecule has 0 radical (unpaired) electrons. The largest absolute Gasteiger partial charge is 0.493 e. The van der Waals surface area contributed by atoms with Crippen LogP contribution < -0.4 is 14.9 Å². The molecule has 1 aromatic heterocycles. The zero-order valence-electron chi connectivity index (χ0n) is 19.8. The van der Waals surface area contributed by atoms with Crippen molar-refractivity contribution < 1.29 is 14.3 Å². The fourth-order valence-corrected chi connectivity index (χ4v) is 5.89. The van der Waals surface area contributed by atoms with Crippen LogP contribution in [0.5, 0.6) is 11.5 Å². The Balaban J connectivity index is 1.21. The van der Waals surface area contributed by atoms with Gasteiger partial charge in [0.2, 0.25) is 0 Å². The van der Waals surface area contributed by atoms with Crippen LogP contribution in [0.15, 0.2) is 86.6 Å². The second kappa shape index (κ2) is 14.0. The first kappa shape index (κ1) is 27.0. The normalized spacial score (nSPS) is 11.0. The molecule has 11 heteroatoms. The van der Waals surface area contributed by atoms with Crippen LogP contribution in [0.2, 0.25) is 5.02 Å². The maximum atomic E-state index is 12.2. The van der Waals surface area contributed by atoms with Gasteiger partial charge in [-0.2, -0.15) is 5.10 Å². The Morgan fingerprint density at radius 3 is 2.51 bits per heavy atom. The summed E-state index contributed by atoms with van der Waals surface area (Å²) in [6.07, 6.45) is 1.56. The maximum Gasteiger partial charge on any atom is 0.250 e. The number of hydrazone groups is 1. The van der Waals surface area contributed by atoms with E-state index >= 15 is 0 Å². The van der Waals surface area contributed by atoms with E-state index < -0.39 is 0 Å². The van der Waals surface area contributed by atoms with Crippen molar-refractivity contribution in [2.75, 3.05) is 12.9 Å². The number of amides is 1. The van der Waals surface area contributed by atoms with E-state index in [1.54, 1.807) is 31.2 Å². The van der Waals surface area contributed by atoms with Crippen LogP contribution >= 0.6 is 46.5 Å². The van der Waals surface area contributed by atoms with Crippen LogP contribution in [0.25, 0.3) is 0 Å². The summed E-state index contributed by atoms with van der Waals surface area (Å²) in [7, 11) is 1.58. The molecular weight excluding hydrogens is 548 g/mol. The Morgan fingerprint density at radius 2 is 1.76 bits per heavy atom. The molecule has 0 aliphatic rings. The smallest absolute Gasteiger partial charge is 0.250 e. The number of hydrogen-bond donors (Lipinski definition) is 1.